The molecule has 1 atom stereocenters. The lowest BCUT2D eigenvalue weighted by Crippen LogP contribution is -2.27. The average molecular weight is 323 g/mol. The summed E-state index contributed by atoms with van der Waals surface area (Å²) in [6, 6.07) is 14.0. The molecule has 0 radical (unpaired) electrons. The maximum absolute atomic E-state index is 12.6. The molecule has 0 bridgehead atoms. The van der Waals surface area contributed by atoms with Crippen molar-refractivity contribution in [2.75, 3.05) is 6.61 Å². The minimum Gasteiger partial charge on any atom is -0.493 e. The summed E-state index contributed by atoms with van der Waals surface area (Å²) in [4.78, 5) is 12.6. The number of fused-ring (bicyclic) bond motifs is 1. The van der Waals surface area contributed by atoms with Crippen molar-refractivity contribution >= 4 is 5.91 Å². The van der Waals surface area contributed by atoms with Crippen LogP contribution in [0.4, 0.5) is 0 Å². The fourth-order valence-corrected chi connectivity index (χ4v) is 3.32. The Morgan fingerprint density at radius 2 is 1.88 bits per heavy atom. The normalized spacial score (nSPS) is 14.6. The number of rotatable bonds is 5. The van der Waals surface area contributed by atoms with Gasteiger partial charge in [0.2, 0.25) is 0 Å². The fourth-order valence-electron chi connectivity index (χ4n) is 3.32. The highest BCUT2D eigenvalue weighted by Gasteiger charge is 2.17. The second kappa shape index (κ2) is 7.52. The predicted octanol–water partition coefficient (Wildman–Crippen LogP) is 4.46. The van der Waals surface area contributed by atoms with Gasteiger partial charge in [-0.2, -0.15) is 0 Å². The Hall–Kier alpha value is -2.29. The number of ether oxygens (including phenoxy) is 1. The molecule has 0 spiro atoms. The fraction of sp³-hybridized carbons (Fsp3) is 0.381. The van der Waals surface area contributed by atoms with Crippen LogP contribution in [0.15, 0.2) is 42.5 Å². The van der Waals surface area contributed by atoms with E-state index in [1.165, 1.54) is 30.4 Å². The minimum atomic E-state index is -0.0933. The van der Waals surface area contributed by atoms with Crippen LogP contribution in [0, 0.1) is 0 Å². The number of carbonyl (C=O) groups excluding carboxylic acids is 1. The number of hydrogen-bond acceptors (Lipinski definition) is 2. The lowest BCUT2D eigenvalue weighted by atomic mass is 9.89. The highest BCUT2D eigenvalue weighted by Crippen LogP contribution is 2.25. The minimum absolute atomic E-state index is 0.0283. The van der Waals surface area contributed by atoms with Crippen LogP contribution in [0.2, 0.25) is 0 Å². The Morgan fingerprint density at radius 1 is 1.12 bits per heavy atom. The molecule has 0 aliphatic heterocycles. The third-order valence-electron chi connectivity index (χ3n) is 4.65. The Balaban J connectivity index is 1.75. The van der Waals surface area contributed by atoms with Gasteiger partial charge in [0.1, 0.15) is 5.75 Å². The lowest BCUT2D eigenvalue weighted by Gasteiger charge is -2.20. The quantitative estimate of drug-likeness (QED) is 0.882. The third kappa shape index (κ3) is 3.61. The zero-order chi connectivity index (χ0) is 16.9. The summed E-state index contributed by atoms with van der Waals surface area (Å²) in [7, 11) is 0. The SMILES string of the molecule is CCOc1ccccc1C(=O)NC(C)c1ccc2c(c1)CCCC2. The molecule has 1 aliphatic carbocycles. The molecular formula is C21H25NO2. The molecule has 3 rings (SSSR count). The van der Waals surface area contributed by atoms with Crippen molar-refractivity contribution < 1.29 is 9.53 Å². The molecule has 3 nitrogen and oxygen atoms in total. The molecule has 1 amide bonds. The van der Waals surface area contributed by atoms with Gasteiger partial charge in [-0.1, -0.05) is 30.3 Å². The van der Waals surface area contributed by atoms with Crippen molar-refractivity contribution in [1.29, 1.82) is 0 Å². The summed E-state index contributed by atoms with van der Waals surface area (Å²) >= 11 is 0. The second-order valence-corrected chi connectivity index (χ2v) is 6.36. The van der Waals surface area contributed by atoms with Gasteiger partial charge in [-0.25, -0.2) is 0 Å². The molecule has 126 valence electrons. The van der Waals surface area contributed by atoms with Crippen LogP contribution in [0.25, 0.3) is 0 Å². The zero-order valence-corrected chi connectivity index (χ0v) is 14.5. The van der Waals surface area contributed by atoms with Crippen LogP contribution >= 0.6 is 0 Å². The number of hydrogen-bond donors (Lipinski definition) is 1. The van der Waals surface area contributed by atoms with E-state index < -0.39 is 0 Å². The van der Waals surface area contributed by atoms with E-state index in [1.807, 2.05) is 32.0 Å². The number of amides is 1. The van der Waals surface area contributed by atoms with Crippen LogP contribution in [-0.4, -0.2) is 12.5 Å². The van der Waals surface area contributed by atoms with Crippen molar-refractivity contribution in [3.05, 3.63) is 64.7 Å². The van der Waals surface area contributed by atoms with Crippen molar-refractivity contribution in [1.82, 2.24) is 5.32 Å². The number of para-hydroxylation sites is 1. The van der Waals surface area contributed by atoms with Gasteiger partial charge in [-0.3, -0.25) is 4.79 Å². The Kier molecular flexibility index (Phi) is 5.19. The Labute approximate surface area is 144 Å². The van der Waals surface area contributed by atoms with Crippen LogP contribution in [0.3, 0.4) is 0 Å². The third-order valence-corrected chi connectivity index (χ3v) is 4.65. The number of aryl methyl sites for hydroxylation is 2. The molecule has 0 saturated carbocycles. The molecule has 2 aromatic rings. The first-order valence-electron chi connectivity index (χ1n) is 8.83. The molecule has 3 heteroatoms. The Morgan fingerprint density at radius 3 is 2.67 bits per heavy atom. The lowest BCUT2D eigenvalue weighted by molar-refractivity contribution is 0.0936. The first kappa shape index (κ1) is 16.6. The van der Waals surface area contributed by atoms with Gasteiger partial charge >= 0.3 is 0 Å². The predicted molar refractivity (Wildman–Crippen MR) is 96.6 cm³/mol. The molecule has 0 fully saturated rings. The van der Waals surface area contributed by atoms with Gasteiger partial charge in [0.15, 0.2) is 0 Å². The van der Waals surface area contributed by atoms with Gasteiger partial charge in [-0.05, 0) is 68.4 Å². The van der Waals surface area contributed by atoms with Crippen molar-refractivity contribution in [2.45, 2.75) is 45.6 Å². The van der Waals surface area contributed by atoms with Gasteiger partial charge in [0.25, 0.3) is 5.91 Å². The van der Waals surface area contributed by atoms with E-state index in [4.69, 9.17) is 4.74 Å². The average Bonchev–Trinajstić information content (AvgIpc) is 2.62. The maximum atomic E-state index is 12.6. The molecular weight excluding hydrogens is 298 g/mol. The van der Waals surface area contributed by atoms with E-state index in [2.05, 4.69) is 23.5 Å². The summed E-state index contributed by atoms with van der Waals surface area (Å²) in [6.07, 6.45) is 4.88. The van der Waals surface area contributed by atoms with Crippen molar-refractivity contribution in [3.63, 3.8) is 0 Å². The van der Waals surface area contributed by atoms with Gasteiger partial charge in [-0.15, -0.1) is 0 Å². The van der Waals surface area contributed by atoms with E-state index in [-0.39, 0.29) is 11.9 Å². The summed E-state index contributed by atoms with van der Waals surface area (Å²) in [5.74, 6) is 0.541. The van der Waals surface area contributed by atoms with Crippen molar-refractivity contribution in [3.8, 4) is 5.75 Å². The summed E-state index contributed by atoms with van der Waals surface area (Å²) < 4.78 is 5.56. The Bertz CT molecular complexity index is 724. The van der Waals surface area contributed by atoms with E-state index >= 15 is 0 Å². The first-order chi connectivity index (χ1) is 11.7. The van der Waals surface area contributed by atoms with E-state index in [9.17, 15) is 4.79 Å². The molecule has 1 unspecified atom stereocenters. The molecule has 0 saturated heterocycles. The monoisotopic (exact) mass is 323 g/mol. The molecule has 0 heterocycles. The largest absolute Gasteiger partial charge is 0.493 e. The van der Waals surface area contributed by atoms with Crippen molar-refractivity contribution in [2.24, 2.45) is 0 Å². The van der Waals surface area contributed by atoms with E-state index in [1.54, 1.807) is 6.07 Å². The van der Waals surface area contributed by atoms with Gasteiger partial charge in [0.05, 0.1) is 18.2 Å². The topological polar surface area (TPSA) is 38.3 Å². The molecule has 2 aromatic carbocycles. The molecule has 0 aromatic heterocycles. The van der Waals surface area contributed by atoms with Crippen LogP contribution in [0.5, 0.6) is 5.75 Å². The van der Waals surface area contributed by atoms with Crippen LogP contribution in [-0.2, 0) is 12.8 Å². The van der Waals surface area contributed by atoms with Crippen LogP contribution in [0.1, 0.15) is 59.8 Å². The summed E-state index contributed by atoms with van der Waals surface area (Å²) in [5, 5.41) is 3.10. The maximum Gasteiger partial charge on any atom is 0.255 e. The second-order valence-electron chi connectivity index (χ2n) is 6.36. The zero-order valence-electron chi connectivity index (χ0n) is 14.5. The summed E-state index contributed by atoms with van der Waals surface area (Å²) in [6.45, 7) is 4.50. The van der Waals surface area contributed by atoms with E-state index in [0.29, 0.717) is 17.9 Å². The number of nitrogens with one attached hydrogen (secondary N) is 1. The summed E-state index contributed by atoms with van der Waals surface area (Å²) in [5.41, 5.74) is 4.65. The van der Waals surface area contributed by atoms with Gasteiger partial charge < -0.3 is 10.1 Å². The smallest absolute Gasteiger partial charge is 0.255 e. The van der Waals surface area contributed by atoms with Crippen LogP contribution < -0.4 is 10.1 Å². The standard InChI is InChI=1S/C21H25NO2/c1-3-24-20-11-7-6-10-19(20)21(23)22-15(2)17-13-12-16-8-4-5-9-18(16)14-17/h6-7,10-15H,3-5,8-9H2,1-2H3,(H,22,23). The van der Waals surface area contributed by atoms with E-state index in [0.717, 1.165) is 12.0 Å². The molecule has 24 heavy (non-hydrogen) atoms. The number of carbonyl (C=O) groups is 1. The highest BCUT2D eigenvalue weighted by molar-refractivity contribution is 5.97. The number of benzene rings is 2. The van der Waals surface area contributed by atoms with Gasteiger partial charge in [0, 0.05) is 0 Å². The molecule has 1 aliphatic rings. The molecule has 1 N–H and O–H groups in total. The highest BCUT2D eigenvalue weighted by atomic mass is 16.5. The first-order valence-corrected chi connectivity index (χ1v) is 8.83.